The van der Waals surface area contributed by atoms with Crippen LogP contribution in [0.1, 0.15) is 110 Å². The van der Waals surface area contributed by atoms with Crippen molar-refractivity contribution < 1.29 is 44.3 Å². The normalized spacial score (nSPS) is 11.6. The van der Waals surface area contributed by atoms with E-state index in [4.69, 9.17) is 0 Å². The fourth-order valence-corrected chi connectivity index (χ4v) is 3.34. The summed E-state index contributed by atoms with van der Waals surface area (Å²) < 4.78 is 0. The van der Waals surface area contributed by atoms with Gasteiger partial charge in [-0.15, -0.1) is 0 Å². The number of thiol groups is 1. The first kappa shape index (κ1) is 29.5. The van der Waals surface area contributed by atoms with Gasteiger partial charge < -0.3 is 15.2 Å². The molecular weight excluding hydrogens is 369 g/mol. The van der Waals surface area contributed by atoms with Crippen molar-refractivity contribution >= 4 is 24.5 Å². The molecule has 6 heteroatoms. The molecule has 0 aromatic carbocycles. The molecule has 0 aliphatic carbocycles. The molecule has 0 saturated carbocycles. The van der Waals surface area contributed by atoms with Crippen LogP contribution < -0.4 is 40.0 Å². The smallest absolute Gasteiger partial charge is 0.548 e. The van der Waals surface area contributed by atoms with Gasteiger partial charge in [-0.1, -0.05) is 96.8 Å². The Morgan fingerprint density at radius 2 is 1.15 bits per heavy atom. The monoisotopic (exact) mass is 409 g/mol. The van der Waals surface area contributed by atoms with E-state index in [-0.39, 0.29) is 41.2 Å². The number of carboxylic acids is 1. The molecule has 0 radical (unpaired) electrons. The van der Waals surface area contributed by atoms with E-state index in [0.29, 0.717) is 6.42 Å². The third kappa shape index (κ3) is 20.8. The Balaban J connectivity index is 0. The number of amides is 1. The maximum Gasteiger partial charge on any atom is 1.00 e. The van der Waals surface area contributed by atoms with E-state index in [1.165, 1.54) is 77.0 Å². The first-order chi connectivity index (χ1) is 12.6. The molecule has 1 N–H and O–H groups in total. The van der Waals surface area contributed by atoms with E-state index < -0.39 is 12.0 Å². The van der Waals surface area contributed by atoms with E-state index in [0.717, 1.165) is 19.3 Å². The molecule has 1 amide bonds. The van der Waals surface area contributed by atoms with Crippen molar-refractivity contribution in [3.63, 3.8) is 0 Å². The van der Waals surface area contributed by atoms with Crippen LogP contribution in [0.4, 0.5) is 0 Å². The van der Waals surface area contributed by atoms with E-state index >= 15 is 0 Å². The number of carbonyl (C=O) groups is 2. The third-order valence-electron chi connectivity index (χ3n) is 4.81. The van der Waals surface area contributed by atoms with Gasteiger partial charge in [-0.05, 0) is 6.42 Å². The van der Waals surface area contributed by atoms with E-state index in [1.807, 2.05) is 0 Å². The number of aliphatic carboxylic acids is 1. The Hall–Kier alpha value is 0.290. The van der Waals surface area contributed by atoms with Crippen LogP contribution in [0.5, 0.6) is 0 Å². The van der Waals surface area contributed by atoms with Crippen molar-refractivity contribution in [2.75, 3.05) is 5.75 Å². The molecule has 27 heavy (non-hydrogen) atoms. The summed E-state index contributed by atoms with van der Waals surface area (Å²) in [7, 11) is 0. The molecule has 4 nitrogen and oxygen atoms in total. The Bertz CT molecular complexity index is 356. The van der Waals surface area contributed by atoms with Crippen molar-refractivity contribution in [3.05, 3.63) is 0 Å². The van der Waals surface area contributed by atoms with E-state index in [9.17, 15) is 14.7 Å². The van der Waals surface area contributed by atoms with Crippen LogP contribution >= 0.6 is 12.6 Å². The fourth-order valence-electron chi connectivity index (χ4n) is 3.10. The summed E-state index contributed by atoms with van der Waals surface area (Å²) in [6, 6.07) is -0.984. The van der Waals surface area contributed by atoms with Crippen LogP contribution in [0.15, 0.2) is 0 Å². The van der Waals surface area contributed by atoms with Gasteiger partial charge in [0, 0.05) is 12.2 Å². The van der Waals surface area contributed by atoms with E-state index in [2.05, 4.69) is 24.9 Å². The Labute approximate surface area is 194 Å². The van der Waals surface area contributed by atoms with Gasteiger partial charge in [0.25, 0.3) is 0 Å². The second-order valence-electron chi connectivity index (χ2n) is 7.32. The predicted octanol–water partition coefficient (Wildman–Crippen LogP) is 1.42. The van der Waals surface area contributed by atoms with Crippen LogP contribution in [0.2, 0.25) is 0 Å². The van der Waals surface area contributed by atoms with Crippen LogP contribution in [0.25, 0.3) is 0 Å². The van der Waals surface area contributed by atoms with Crippen LogP contribution in [-0.4, -0.2) is 23.7 Å². The number of hydrogen-bond acceptors (Lipinski definition) is 4. The molecule has 0 aliphatic heterocycles. The first-order valence-electron chi connectivity index (χ1n) is 10.7. The minimum atomic E-state index is -1.27. The van der Waals surface area contributed by atoms with Gasteiger partial charge in [-0.3, -0.25) is 4.79 Å². The number of rotatable bonds is 19. The van der Waals surface area contributed by atoms with Crippen LogP contribution in [0.3, 0.4) is 0 Å². The van der Waals surface area contributed by atoms with Gasteiger partial charge in [0.05, 0.1) is 12.0 Å². The van der Waals surface area contributed by atoms with Crippen LogP contribution in [-0.2, 0) is 9.59 Å². The zero-order valence-electron chi connectivity index (χ0n) is 17.8. The molecule has 0 heterocycles. The fraction of sp³-hybridized carbons (Fsp3) is 0.905. The molecule has 0 saturated heterocycles. The van der Waals surface area contributed by atoms with Crippen molar-refractivity contribution in [1.82, 2.24) is 5.32 Å². The summed E-state index contributed by atoms with van der Waals surface area (Å²) in [5.74, 6) is -1.43. The number of carbonyl (C=O) groups excluding carboxylic acids is 2. The summed E-state index contributed by atoms with van der Waals surface area (Å²) in [5, 5.41) is 13.1. The summed E-state index contributed by atoms with van der Waals surface area (Å²) in [5.41, 5.74) is 0. The van der Waals surface area contributed by atoms with Gasteiger partial charge in [-0.25, -0.2) is 0 Å². The predicted molar refractivity (Wildman–Crippen MR) is 110 cm³/mol. The second-order valence-corrected chi connectivity index (χ2v) is 7.69. The largest absolute Gasteiger partial charge is 1.00 e. The van der Waals surface area contributed by atoms with Crippen molar-refractivity contribution in [3.8, 4) is 0 Å². The Morgan fingerprint density at radius 3 is 1.48 bits per heavy atom. The second kappa shape index (κ2) is 22.6. The minimum absolute atomic E-state index is 0. The summed E-state index contributed by atoms with van der Waals surface area (Å²) >= 11 is 3.89. The molecule has 1 atom stereocenters. The first-order valence-corrected chi connectivity index (χ1v) is 11.4. The number of unbranched alkanes of at least 4 members (excludes halogenated alkanes) is 14. The molecule has 0 unspecified atom stereocenters. The number of nitrogens with one attached hydrogen (secondary N) is 1. The van der Waals surface area contributed by atoms with Crippen molar-refractivity contribution in [2.45, 2.75) is 116 Å². The number of hydrogen-bond donors (Lipinski definition) is 2. The summed E-state index contributed by atoms with van der Waals surface area (Å²) in [6.45, 7) is 2.26. The number of carboxylic acid groups (broad SMARTS) is 1. The van der Waals surface area contributed by atoms with Crippen molar-refractivity contribution in [1.29, 1.82) is 0 Å². The standard InChI is InChI=1S/C21H41NO3S.Na/c1-2-3-4-5-6-7-8-9-10-11-12-13-14-15-16-17-20(23)22-19(18-26)21(24)25;/h19,26H,2-18H2,1H3,(H,22,23)(H,24,25);/q;+1/p-1/t19-;/m0./s1. The molecule has 0 bridgehead atoms. The molecule has 0 rings (SSSR count). The van der Waals surface area contributed by atoms with Gasteiger partial charge in [0.15, 0.2) is 0 Å². The Kier molecular flexibility index (Phi) is 24.7. The van der Waals surface area contributed by atoms with Gasteiger partial charge in [-0.2, -0.15) is 12.6 Å². The topological polar surface area (TPSA) is 69.2 Å². The average Bonchev–Trinajstić information content (AvgIpc) is 2.62. The van der Waals surface area contributed by atoms with Gasteiger partial charge in [0.1, 0.15) is 0 Å². The molecule has 0 fully saturated rings. The average molecular weight is 410 g/mol. The van der Waals surface area contributed by atoms with Gasteiger partial charge in [0.2, 0.25) is 5.91 Å². The molecule has 154 valence electrons. The SMILES string of the molecule is CCCCCCCCCCCCCCCCCC(=O)N[C@@H](CS)C(=O)[O-].[Na+]. The molecule has 0 aromatic rings. The van der Waals surface area contributed by atoms with Crippen molar-refractivity contribution in [2.24, 2.45) is 0 Å². The summed E-state index contributed by atoms with van der Waals surface area (Å²) in [4.78, 5) is 22.3. The van der Waals surface area contributed by atoms with E-state index in [1.54, 1.807) is 0 Å². The zero-order valence-corrected chi connectivity index (χ0v) is 20.7. The quantitative estimate of drug-likeness (QED) is 0.193. The maximum absolute atomic E-state index is 11.6. The van der Waals surface area contributed by atoms with Gasteiger partial charge >= 0.3 is 29.6 Å². The molecular formula is C21H40NNaO3S. The minimum Gasteiger partial charge on any atom is -0.548 e. The molecule has 0 aliphatic rings. The van der Waals surface area contributed by atoms with Crippen LogP contribution in [0, 0.1) is 0 Å². The Morgan fingerprint density at radius 1 is 0.778 bits per heavy atom. The summed E-state index contributed by atoms with van der Waals surface area (Å²) in [6.07, 6.45) is 19.7. The molecule has 0 spiro atoms. The third-order valence-corrected chi connectivity index (χ3v) is 5.17. The molecule has 0 aromatic heterocycles. The zero-order chi connectivity index (χ0) is 19.5. The maximum atomic E-state index is 11.6.